The maximum atomic E-state index is 12.1. The Kier molecular flexibility index (Phi) is 7.11. The third-order valence-corrected chi connectivity index (χ3v) is 5.24. The summed E-state index contributed by atoms with van der Waals surface area (Å²) in [4.78, 5) is 28.0. The summed E-state index contributed by atoms with van der Waals surface area (Å²) in [6.45, 7) is 10.4. The molecule has 25 heavy (non-hydrogen) atoms. The van der Waals surface area contributed by atoms with Gasteiger partial charge in [0.1, 0.15) is 5.60 Å². The zero-order chi connectivity index (χ0) is 18.4. The van der Waals surface area contributed by atoms with Gasteiger partial charge >= 0.3 is 12.1 Å². The highest BCUT2D eigenvalue weighted by Gasteiger charge is 2.28. The SMILES string of the molecule is COC(=O)C1CCN(CCC2CCN(C(=O)OC(C)(C)C)CC2)CC1. The zero-order valence-corrected chi connectivity index (χ0v) is 16.3. The highest BCUT2D eigenvalue weighted by molar-refractivity contribution is 5.72. The number of carbonyl (C=O) groups is 2. The van der Waals surface area contributed by atoms with E-state index in [0.29, 0.717) is 5.92 Å². The van der Waals surface area contributed by atoms with Crippen molar-refractivity contribution in [3.8, 4) is 0 Å². The summed E-state index contributed by atoms with van der Waals surface area (Å²) in [7, 11) is 1.47. The summed E-state index contributed by atoms with van der Waals surface area (Å²) in [6, 6.07) is 0. The summed E-state index contributed by atoms with van der Waals surface area (Å²) in [6.07, 6.45) is 4.91. The van der Waals surface area contributed by atoms with Gasteiger partial charge in [-0.05, 0) is 78.4 Å². The van der Waals surface area contributed by atoms with Crippen molar-refractivity contribution in [1.29, 1.82) is 0 Å². The highest BCUT2D eigenvalue weighted by atomic mass is 16.6. The van der Waals surface area contributed by atoms with Crippen LogP contribution in [0.2, 0.25) is 0 Å². The topological polar surface area (TPSA) is 59.1 Å². The number of likely N-dealkylation sites (tertiary alicyclic amines) is 2. The molecule has 0 aromatic carbocycles. The summed E-state index contributed by atoms with van der Waals surface area (Å²) in [5.41, 5.74) is -0.426. The fourth-order valence-electron chi connectivity index (χ4n) is 3.65. The number of nitrogens with zero attached hydrogens (tertiary/aromatic N) is 2. The summed E-state index contributed by atoms with van der Waals surface area (Å²) < 4.78 is 10.3. The van der Waals surface area contributed by atoms with Gasteiger partial charge in [-0.1, -0.05) is 0 Å². The van der Waals surface area contributed by atoms with Crippen LogP contribution >= 0.6 is 0 Å². The molecule has 0 bridgehead atoms. The molecular formula is C19H34N2O4. The molecule has 0 saturated carbocycles. The van der Waals surface area contributed by atoms with Crippen LogP contribution in [0.3, 0.4) is 0 Å². The molecule has 0 aromatic rings. The molecular weight excluding hydrogens is 320 g/mol. The van der Waals surface area contributed by atoms with Crippen molar-refractivity contribution >= 4 is 12.1 Å². The Morgan fingerprint density at radius 1 is 1.00 bits per heavy atom. The lowest BCUT2D eigenvalue weighted by Gasteiger charge is -2.35. The van der Waals surface area contributed by atoms with E-state index in [0.717, 1.165) is 58.4 Å². The minimum Gasteiger partial charge on any atom is -0.469 e. The standard InChI is InChI=1S/C19H34N2O4/c1-19(2,3)25-18(23)21-13-6-15(7-14-21)5-10-20-11-8-16(9-12-20)17(22)24-4/h15-16H,5-14H2,1-4H3. The van der Waals surface area contributed by atoms with E-state index in [2.05, 4.69) is 4.90 Å². The molecule has 0 N–H and O–H groups in total. The van der Waals surface area contributed by atoms with Gasteiger partial charge in [-0.3, -0.25) is 4.79 Å². The summed E-state index contributed by atoms with van der Waals surface area (Å²) in [5.74, 6) is 0.699. The molecule has 0 atom stereocenters. The van der Waals surface area contributed by atoms with Gasteiger partial charge in [0.15, 0.2) is 0 Å². The quantitative estimate of drug-likeness (QED) is 0.727. The number of rotatable bonds is 4. The lowest BCUT2D eigenvalue weighted by atomic mass is 9.92. The Bertz CT molecular complexity index is 445. The van der Waals surface area contributed by atoms with Crippen molar-refractivity contribution in [2.75, 3.05) is 39.8 Å². The average Bonchev–Trinajstić information content (AvgIpc) is 2.58. The first-order valence-corrected chi connectivity index (χ1v) is 9.56. The minimum absolute atomic E-state index is 0.0610. The van der Waals surface area contributed by atoms with Crippen molar-refractivity contribution in [3.63, 3.8) is 0 Å². The number of esters is 1. The Morgan fingerprint density at radius 2 is 1.60 bits per heavy atom. The second-order valence-electron chi connectivity index (χ2n) is 8.34. The Labute approximate surface area is 151 Å². The van der Waals surface area contributed by atoms with Gasteiger partial charge in [0.2, 0.25) is 0 Å². The molecule has 2 heterocycles. The third-order valence-electron chi connectivity index (χ3n) is 5.24. The van der Waals surface area contributed by atoms with E-state index in [1.54, 1.807) is 0 Å². The molecule has 6 heteroatoms. The van der Waals surface area contributed by atoms with Crippen LogP contribution in [-0.4, -0.2) is 67.3 Å². The predicted molar refractivity (Wildman–Crippen MR) is 96.3 cm³/mol. The van der Waals surface area contributed by atoms with E-state index >= 15 is 0 Å². The van der Waals surface area contributed by atoms with Gasteiger partial charge in [0.05, 0.1) is 13.0 Å². The third kappa shape index (κ3) is 6.49. The molecule has 2 saturated heterocycles. The molecule has 0 aliphatic carbocycles. The number of amides is 1. The van der Waals surface area contributed by atoms with E-state index < -0.39 is 5.60 Å². The van der Waals surface area contributed by atoms with Crippen LogP contribution in [0, 0.1) is 11.8 Å². The van der Waals surface area contributed by atoms with E-state index in [1.807, 2.05) is 25.7 Å². The van der Waals surface area contributed by atoms with Gasteiger partial charge in [0, 0.05) is 13.1 Å². The molecule has 2 aliphatic rings. The minimum atomic E-state index is -0.426. The Balaban J connectivity index is 1.63. The summed E-state index contributed by atoms with van der Waals surface area (Å²) in [5, 5.41) is 0. The Morgan fingerprint density at radius 3 is 2.12 bits per heavy atom. The molecule has 0 radical (unpaired) electrons. The van der Waals surface area contributed by atoms with Gasteiger partial charge in [0.25, 0.3) is 0 Å². The average molecular weight is 354 g/mol. The predicted octanol–water partition coefficient (Wildman–Crippen LogP) is 2.91. The molecule has 2 aliphatic heterocycles. The van der Waals surface area contributed by atoms with E-state index in [-0.39, 0.29) is 18.0 Å². The largest absolute Gasteiger partial charge is 0.469 e. The summed E-state index contributed by atoms with van der Waals surface area (Å²) >= 11 is 0. The van der Waals surface area contributed by atoms with Crippen LogP contribution in [0.25, 0.3) is 0 Å². The number of hydrogen-bond acceptors (Lipinski definition) is 5. The molecule has 0 aromatic heterocycles. The van der Waals surface area contributed by atoms with Crippen LogP contribution in [-0.2, 0) is 14.3 Å². The number of ether oxygens (including phenoxy) is 2. The van der Waals surface area contributed by atoms with Gasteiger partial charge < -0.3 is 19.3 Å². The normalized spacial score (nSPS) is 21.2. The van der Waals surface area contributed by atoms with Crippen molar-refractivity contribution in [2.45, 2.75) is 58.5 Å². The number of hydrogen-bond donors (Lipinski definition) is 0. The Hall–Kier alpha value is -1.30. The molecule has 1 amide bonds. The maximum absolute atomic E-state index is 12.1. The van der Waals surface area contributed by atoms with Gasteiger partial charge in [-0.2, -0.15) is 0 Å². The van der Waals surface area contributed by atoms with Crippen LogP contribution in [0.5, 0.6) is 0 Å². The molecule has 2 fully saturated rings. The van der Waals surface area contributed by atoms with Crippen molar-refractivity contribution in [3.05, 3.63) is 0 Å². The lowest BCUT2D eigenvalue weighted by molar-refractivity contribution is -0.147. The van der Waals surface area contributed by atoms with Crippen molar-refractivity contribution < 1.29 is 19.1 Å². The second kappa shape index (κ2) is 8.88. The van der Waals surface area contributed by atoms with Gasteiger partial charge in [-0.25, -0.2) is 4.79 Å². The fourth-order valence-corrected chi connectivity index (χ4v) is 3.65. The molecule has 0 unspecified atom stereocenters. The van der Waals surface area contributed by atoms with Crippen LogP contribution in [0.1, 0.15) is 52.9 Å². The first-order chi connectivity index (χ1) is 11.8. The molecule has 2 rings (SSSR count). The van der Waals surface area contributed by atoms with Crippen LogP contribution < -0.4 is 0 Å². The number of methoxy groups -OCH3 is 1. The lowest BCUT2D eigenvalue weighted by Crippen LogP contribution is -2.42. The highest BCUT2D eigenvalue weighted by Crippen LogP contribution is 2.24. The first-order valence-electron chi connectivity index (χ1n) is 9.56. The van der Waals surface area contributed by atoms with Crippen LogP contribution in [0.15, 0.2) is 0 Å². The van der Waals surface area contributed by atoms with Crippen molar-refractivity contribution in [1.82, 2.24) is 9.80 Å². The van der Waals surface area contributed by atoms with E-state index in [4.69, 9.17) is 9.47 Å². The maximum Gasteiger partial charge on any atom is 0.410 e. The van der Waals surface area contributed by atoms with Gasteiger partial charge in [-0.15, -0.1) is 0 Å². The van der Waals surface area contributed by atoms with Crippen molar-refractivity contribution in [2.24, 2.45) is 11.8 Å². The van der Waals surface area contributed by atoms with E-state index in [9.17, 15) is 9.59 Å². The van der Waals surface area contributed by atoms with E-state index in [1.165, 1.54) is 13.5 Å². The zero-order valence-electron chi connectivity index (χ0n) is 16.3. The van der Waals surface area contributed by atoms with Crippen LogP contribution in [0.4, 0.5) is 4.79 Å². The second-order valence-corrected chi connectivity index (χ2v) is 8.34. The smallest absolute Gasteiger partial charge is 0.410 e. The monoisotopic (exact) mass is 354 g/mol. The number of carbonyl (C=O) groups excluding carboxylic acids is 2. The fraction of sp³-hybridized carbons (Fsp3) is 0.895. The first kappa shape index (κ1) is 20.0. The molecule has 6 nitrogen and oxygen atoms in total. The number of piperidine rings is 2. The molecule has 0 spiro atoms. The molecule has 144 valence electrons.